The van der Waals surface area contributed by atoms with Crippen LogP contribution in [-0.2, 0) is 17.8 Å². The number of nitrogens with one attached hydrogen (secondary N) is 2. The molecule has 0 aromatic heterocycles. The van der Waals surface area contributed by atoms with E-state index in [-0.39, 0.29) is 11.7 Å². The highest BCUT2D eigenvalue weighted by atomic mass is 19.1. The largest absolute Gasteiger partial charge is 0.378 e. The molecule has 0 atom stereocenters. The maximum absolute atomic E-state index is 13.7. The lowest BCUT2D eigenvalue weighted by Gasteiger charge is -2.30. The Kier molecular flexibility index (Phi) is 4.38. The van der Waals surface area contributed by atoms with Crippen molar-refractivity contribution < 1.29 is 13.9 Å². The van der Waals surface area contributed by atoms with Gasteiger partial charge < -0.3 is 20.3 Å². The molecule has 2 aromatic carbocycles. The van der Waals surface area contributed by atoms with E-state index in [2.05, 4.69) is 10.6 Å². The molecule has 2 heterocycles. The Morgan fingerprint density at radius 2 is 1.88 bits per heavy atom. The molecule has 1 fully saturated rings. The van der Waals surface area contributed by atoms with Gasteiger partial charge in [0.2, 0.25) is 0 Å². The van der Waals surface area contributed by atoms with E-state index in [0.717, 1.165) is 18.7 Å². The van der Waals surface area contributed by atoms with Gasteiger partial charge in [-0.15, -0.1) is 0 Å². The number of benzene rings is 2. The monoisotopic (exact) mass is 341 g/mol. The average Bonchev–Trinajstić information content (AvgIpc) is 3.11. The van der Waals surface area contributed by atoms with Gasteiger partial charge in [-0.2, -0.15) is 0 Å². The molecule has 0 spiro atoms. The summed E-state index contributed by atoms with van der Waals surface area (Å²) in [7, 11) is 0. The number of hydrogen-bond donors (Lipinski definition) is 2. The quantitative estimate of drug-likeness (QED) is 0.901. The number of carbonyl (C=O) groups excluding carboxylic acids is 1. The van der Waals surface area contributed by atoms with Crippen molar-refractivity contribution in [2.75, 3.05) is 36.5 Å². The Bertz CT molecular complexity index is 803. The fraction of sp³-hybridized carbons (Fsp3) is 0.316. The molecule has 1 amide bonds. The average molecular weight is 341 g/mol. The summed E-state index contributed by atoms with van der Waals surface area (Å²) >= 11 is 0. The van der Waals surface area contributed by atoms with Gasteiger partial charge >= 0.3 is 0 Å². The Labute approximate surface area is 145 Å². The number of nitrogens with zero attached hydrogens (tertiary/aromatic N) is 1. The molecule has 4 rings (SSSR count). The maximum atomic E-state index is 13.7. The van der Waals surface area contributed by atoms with Gasteiger partial charge in [-0.1, -0.05) is 6.07 Å². The van der Waals surface area contributed by atoms with Crippen LogP contribution in [0.25, 0.3) is 0 Å². The summed E-state index contributed by atoms with van der Waals surface area (Å²) < 4.78 is 19.1. The van der Waals surface area contributed by atoms with Crippen LogP contribution in [0.5, 0.6) is 0 Å². The molecule has 5 nitrogen and oxygen atoms in total. The van der Waals surface area contributed by atoms with Crippen LogP contribution in [0.1, 0.15) is 21.5 Å². The zero-order valence-corrected chi connectivity index (χ0v) is 13.8. The molecular weight excluding hydrogens is 321 g/mol. The number of hydrogen-bond acceptors (Lipinski definition) is 4. The van der Waals surface area contributed by atoms with Gasteiger partial charge in [-0.05, 0) is 41.5 Å². The molecule has 2 aromatic rings. The van der Waals surface area contributed by atoms with Gasteiger partial charge in [-0.3, -0.25) is 4.79 Å². The van der Waals surface area contributed by atoms with E-state index in [0.29, 0.717) is 43.2 Å². The third kappa shape index (κ3) is 3.36. The highest BCUT2D eigenvalue weighted by molar-refractivity contribution is 6.06. The SMILES string of the molecule is O=C(Nc1ccc(F)cc1N1CCOCC1)c1ccc2c(c1)CNC2. The molecule has 0 aliphatic carbocycles. The first kappa shape index (κ1) is 16.1. The summed E-state index contributed by atoms with van der Waals surface area (Å²) in [5, 5.41) is 6.20. The van der Waals surface area contributed by atoms with E-state index >= 15 is 0 Å². The van der Waals surface area contributed by atoms with E-state index in [1.165, 1.54) is 17.7 Å². The molecule has 0 unspecified atom stereocenters. The summed E-state index contributed by atoms with van der Waals surface area (Å²) in [6.45, 7) is 4.18. The van der Waals surface area contributed by atoms with E-state index < -0.39 is 0 Å². The van der Waals surface area contributed by atoms with Gasteiger partial charge in [-0.25, -0.2) is 4.39 Å². The third-order valence-corrected chi connectivity index (χ3v) is 4.66. The number of carbonyl (C=O) groups is 1. The number of anilines is 2. The number of ether oxygens (including phenoxy) is 1. The van der Waals surface area contributed by atoms with Gasteiger partial charge in [0, 0.05) is 31.7 Å². The number of halogens is 1. The highest BCUT2D eigenvalue weighted by Crippen LogP contribution is 2.28. The molecule has 0 saturated carbocycles. The third-order valence-electron chi connectivity index (χ3n) is 4.66. The smallest absolute Gasteiger partial charge is 0.255 e. The van der Waals surface area contributed by atoms with Crippen LogP contribution in [0.4, 0.5) is 15.8 Å². The summed E-state index contributed by atoms with van der Waals surface area (Å²) in [6, 6.07) is 10.2. The first-order chi connectivity index (χ1) is 12.2. The fourth-order valence-electron chi connectivity index (χ4n) is 3.31. The minimum absolute atomic E-state index is 0.184. The topological polar surface area (TPSA) is 53.6 Å². The summed E-state index contributed by atoms with van der Waals surface area (Å²) in [5.41, 5.74) is 4.30. The minimum Gasteiger partial charge on any atom is -0.378 e. The van der Waals surface area contributed by atoms with Gasteiger partial charge in [0.1, 0.15) is 5.82 Å². The molecule has 2 N–H and O–H groups in total. The van der Waals surface area contributed by atoms with E-state index in [9.17, 15) is 9.18 Å². The Balaban J connectivity index is 1.58. The van der Waals surface area contributed by atoms with Crippen LogP contribution in [0.3, 0.4) is 0 Å². The van der Waals surface area contributed by atoms with E-state index in [1.807, 2.05) is 23.1 Å². The van der Waals surface area contributed by atoms with Crippen molar-refractivity contribution in [2.24, 2.45) is 0 Å². The number of morpholine rings is 1. The molecule has 6 heteroatoms. The zero-order valence-electron chi connectivity index (χ0n) is 13.8. The second-order valence-electron chi connectivity index (χ2n) is 6.30. The van der Waals surface area contributed by atoms with Crippen molar-refractivity contribution in [2.45, 2.75) is 13.1 Å². The predicted octanol–water partition coefficient (Wildman–Crippen LogP) is 2.52. The standard InChI is InChI=1S/C19H20FN3O2/c20-16-3-4-17(18(10-16)23-5-7-25-8-6-23)22-19(24)13-1-2-14-11-21-12-15(14)9-13/h1-4,9-10,21H,5-8,11-12H2,(H,22,24). The Hall–Kier alpha value is -2.44. The van der Waals surface area contributed by atoms with Crippen molar-refractivity contribution in [1.82, 2.24) is 5.32 Å². The predicted molar refractivity (Wildman–Crippen MR) is 94.4 cm³/mol. The minimum atomic E-state index is -0.317. The highest BCUT2D eigenvalue weighted by Gasteiger charge is 2.18. The van der Waals surface area contributed by atoms with Crippen LogP contribution in [0, 0.1) is 5.82 Å². The maximum Gasteiger partial charge on any atom is 0.255 e. The molecular formula is C19H20FN3O2. The number of rotatable bonds is 3. The first-order valence-corrected chi connectivity index (χ1v) is 8.47. The second-order valence-corrected chi connectivity index (χ2v) is 6.30. The molecule has 25 heavy (non-hydrogen) atoms. The molecule has 2 aliphatic rings. The molecule has 1 saturated heterocycles. The van der Waals surface area contributed by atoms with Crippen LogP contribution in [0.2, 0.25) is 0 Å². The van der Waals surface area contributed by atoms with E-state index in [4.69, 9.17) is 4.74 Å². The number of amides is 1. The first-order valence-electron chi connectivity index (χ1n) is 8.47. The lowest BCUT2D eigenvalue weighted by Crippen LogP contribution is -2.36. The Morgan fingerprint density at radius 3 is 2.72 bits per heavy atom. The molecule has 0 bridgehead atoms. The Morgan fingerprint density at radius 1 is 1.08 bits per heavy atom. The van der Waals surface area contributed by atoms with Crippen molar-refractivity contribution in [3.8, 4) is 0 Å². The van der Waals surface area contributed by atoms with Crippen molar-refractivity contribution >= 4 is 17.3 Å². The van der Waals surface area contributed by atoms with Crippen LogP contribution >= 0.6 is 0 Å². The lowest BCUT2D eigenvalue weighted by atomic mass is 10.1. The van der Waals surface area contributed by atoms with Crippen LogP contribution in [-0.4, -0.2) is 32.2 Å². The second kappa shape index (κ2) is 6.82. The fourth-order valence-corrected chi connectivity index (χ4v) is 3.31. The molecule has 130 valence electrons. The molecule has 2 aliphatic heterocycles. The summed E-state index contributed by atoms with van der Waals surface area (Å²) in [5.74, 6) is -0.501. The van der Waals surface area contributed by atoms with Crippen molar-refractivity contribution in [3.63, 3.8) is 0 Å². The van der Waals surface area contributed by atoms with Crippen LogP contribution in [0.15, 0.2) is 36.4 Å². The van der Waals surface area contributed by atoms with Crippen LogP contribution < -0.4 is 15.5 Å². The summed E-state index contributed by atoms with van der Waals surface area (Å²) in [4.78, 5) is 14.7. The molecule has 0 radical (unpaired) electrons. The van der Waals surface area contributed by atoms with Gasteiger partial charge in [0.15, 0.2) is 0 Å². The zero-order chi connectivity index (χ0) is 17.2. The summed E-state index contributed by atoms with van der Waals surface area (Å²) in [6.07, 6.45) is 0. The van der Waals surface area contributed by atoms with Crippen molar-refractivity contribution in [3.05, 3.63) is 58.9 Å². The normalized spacial score (nSPS) is 16.6. The van der Waals surface area contributed by atoms with Gasteiger partial charge in [0.25, 0.3) is 5.91 Å². The lowest BCUT2D eigenvalue weighted by molar-refractivity contribution is 0.102. The van der Waals surface area contributed by atoms with Gasteiger partial charge in [0.05, 0.1) is 24.6 Å². The number of fused-ring (bicyclic) bond motifs is 1. The van der Waals surface area contributed by atoms with Crippen molar-refractivity contribution in [1.29, 1.82) is 0 Å². The van der Waals surface area contributed by atoms with E-state index in [1.54, 1.807) is 6.07 Å².